The summed E-state index contributed by atoms with van der Waals surface area (Å²) in [6, 6.07) is 16.1. The molecule has 0 aliphatic carbocycles. The molecule has 0 unspecified atom stereocenters. The molecule has 122 valence electrons. The number of imidazole rings is 1. The molecule has 3 heterocycles. The van der Waals surface area contributed by atoms with Crippen molar-refractivity contribution in [2.45, 2.75) is 0 Å². The third-order valence-electron chi connectivity index (χ3n) is 3.70. The van der Waals surface area contributed by atoms with Crippen molar-refractivity contribution in [1.82, 2.24) is 9.38 Å². The Labute approximate surface area is 146 Å². The number of pyridine rings is 1. The fourth-order valence-electron chi connectivity index (χ4n) is 2.50. The molecule has 0 fully saturated rings. The SMILES string of the molecule is O=[N+]([O-])c1ccc(C=Nc2c(-c3cccs3)nc3ccccn23)cc1. The molecular weight excluding hydrogens is 336 g/mol. The maximum atomic E-state index is 10.7. The molecule has 0 saturated carbocycles. The third kappa shape index (κ3) is 2.92. The first-order chi connectivity index (χ1) is 12.2. The first-order valence-corrected chi connectivity index (χ1v) is 8.40. The Kier molecular flexibility index (Phi) is 3.83. The van der Waals surface area contributed by atoms with Crippen molar-refractivity contribution < 1.29 is 4.92 Å². The molecule has 0 aliphatic heterocycles. The number of aromatic nitrogens is 2. The van der Waals surface area contributed by atoms with Crippen molar-refractivity contribution >= 4 is 34.7 Å². The average Bonchev–Trinajstić information content (AvgIpc) is 3.28. The van der Waals surface area contributed by atoms with E-state index in [1.165, 1.54) is 12.1 Å². The standard InChI is InChI=1S/C18H12N4O2S/c23-22(24)14-8-6-13(7-9-14)12-19-18-17(15-4-3-11-25-15)20-16-5-1-2-10-21(16)18/h1-12H. The van der Waals surface area contributed by atoms with Crippen LogP contribution in [-0.4, -0.2) is 20.5 Å². The number of thiophene rings is 1. The van der Waals surface area contributed by atoms with Gasteiger partial charge in [0.25, 0.3) is 5.69 Å². The van der Waals surface area contributed by atoms with Gasteiger partial charge in [0.15, 0.2) is 5.82 Å². The van der Waals surface area contributed by atoms with Crippen molar-refractivity contribution in [3.63, 3.8) is 0 Å². The zero-order valence-electron chi connectivity index (χ0n) is 12.9. The molecule has 7 heteroatoms. The molecule has 0 N–H and O–H groups in total. The number of fused-ring (bicyclic) bond motifs is 1. The smallest absolute Gasteiger partial charge is 0.269 e. The van der Waals surface area contributed by atoms with E-state index in [1.54, 1.807) is 29.7 Å². The number of rotatable bonds is 4. The average molecular weight is 348 g/mol. The highest BCUT2D eigenvalue weighted by Gasteiger charge is 2.13. The van der Waals surface area contributed by atoms with Crippen LogP contribution in [0.5, 0.6) is 0 Å². The maximum Gasteiger partial charge on any atom is 0.269 e. The Morgan fingerprint density at radius 3 is 2.68 bits per heavy atom. The molecule has 0 amide bonds. The van der Waals surface area contributed by atoms with Crippen LogP contribution < -0.4 is 0 Å². The predicted octanol–water partition coefficient (Wildman–Crippen LogP) is 4.72. The minimum atomic E-state index is -0.416. The molecule has 0 saturated heterocycles. The summed E-state index contributed by atoms with van der Waals surface area (Å²) in [5.74, 6) is 0.733. The second-order valence-corrected chi connectivity index (χ2v) is 6.24. The Balaban J connectivity index is 1.77. The van der Waals surface area contributed by atoms with Crippen LogP contribution in [0.1, 0.15) is 5.56 Å². The first-order valence-electron chi connectivity index (χ1n) is 7.52. The van der Waals surface area contributed by atoms with Gasteiger partial charge in [0.05, 0.1) is 9.80 Å². The molecule has 0 radical (unpaired) electrons. The summed E-state index contributed by atoms with van der Waals surface area (Å²) in [7, 11) is 0. The summed E-state index contributed by atoms with van der Waals surface area (Å²) in [4.78, 5) is 20.6. The van der Waals surface area contributed by atoms with Gasteiger partial charge in [-0.05, 0) is 41.3 Å². The fraction of sp³-hybridized carbons (Fsp3) is 0. The summed E-state index contributed by atoms with van der Waals surface area (Å²) < 4.78 is 1.93. The van der Waals surface area contributed by atoms with Gasteiger partial charge in [-0.15, -0.1) is 11.3 Å². The number of hydrogen-bond donors (Lipinski definition) is 0. The first kappa shape index (κ1) is 15.2. The van der Waals surface area contributed by atoms with Crippen LogP contribution >= 0.6 is 11.3 Å². The summed E-state index contributed by atoms with van der Waals surface area (Å²) in [6.45, 7) is 0. The molecule has 4 rings (SSSR count). The second kappa shape index (κ2) is 6.29. The van der Waals surface area contributed by atoms with E-state index in [1.807, 2.05) is 46.3 Å². The third-order valence-corrected chi connectivity index (χ3v) is 4.58. The van der Waals surface area contributed by atoms with E-state index >= 15 is 0 Å². The van der Waals surface area contributed by atoms with Crippen LogP contribution in [0.2, 0.25) is 0 Å². The van der Waals surface area contributed by atoms with Gasteiger partial charge in [0.1, 0.15) is 11.3 Å². The van der Waals surface area contributed by atoms with Gasteiger partial charge in [0.2, 0.25) is 0 Å². The summed E-state index contributed by atoms with van der Waals surface area (Å²) in [6.07, 6.45) is 3.61. The van der Waals surface area contributed by atoms with Gasteiger partial charge in [-0.3, -0.25) is 14.5 Å². The molecule has 0 bridgehead atoms. The lowest BCUT2D eigenvalue weighted by Crippen LogP contribution is -1.88. The molecule has 6 nitrogen and oxygen atoms in total. The number of nitro benzene ring substituents is 1. The lowest BCUT2D eigenvalue weighted by atomic mass is 10.2. The molecular formula is C18H12N4O2S. The molecule has 4 aromatic rings. The Bertz CT molecular complexity index is 1070. The number of non-ortho nitro benzene ring substituents is 1. The number of aliphatic imine (C=N–C) groups is 1. The summed E-state index contributed by atoms with van der Waals surface area (Å²) in [5.41, 5.74) is 2.49. The molecule has 0 aliphatic rings. The van der Waals surface area contributed by atoms with E-state index in [2.05, 4.69) is 9.98 Å². The van der Waals surface area contributed by atoms with Crippen molar-refractivity contribution in [2.24, 2.45) is 4.99 Å². The van der Waals surface area contributed by atoms with E-state index in [-0.39, 0.29) is 5.69 Å². The van der Waals surface area contributed by atoms with Gasteiger partial charge < -0.3 is 0 Å². The van der Waals surface area contributed by atoms with Crippen molar-refractivity contribution in [3.8, 4) is 10.6 Å². The highest BCUT2D eigenvalue weighted by molar-refractivity contribution is 7.13. The van der Waals surface area contributed by atoms with E-state index in [0.29, 0.717) is 0 Å². The largest absolute Gasteiger partial charge is 0.284 e. The van der Waals surface area contributed by atoms with Crippen LogP contribution in [0.15, 0.2) is 71.2 Å². The minimum absolute atomic E-state index is 0.0613. The molecule has 25 heavy (non-hydrogen) atoms. The zero-order chi connectivity index (χ0) is 17.2. The molecule has 0 atom stereocenters. The number of benzene rings is 1. The van der Waals surface area contributed by atoms with E-state index in [0.717, 1.165) is 27.6 Å². The molecule has 1 aromatic carbocycles. The van der Waals surface area contributed by atoms with Gasteiger partial charge in [-0.25, -0.2) is 9.98 Å². The highest BCUT2D eigenvalue weighted by Crippen LogP contribution is 2.33. The zero-order valence-corrected chi connectivity index (χ0v) is 13.8. The lowest BCUT2D eigenvalue weighted by Gasteiger charge is -1.98. The Morgan fingerprint density at radius 2 is 1.96 bits per heavy atom. The van der Waals surface area contributed by atoms with E-state index < -0.39 is 4.92 Å². The second-order valence-electron chi connectivity index (χ2n) is 5.30. The monoisotopic (exact) mass is 348 g/mol. The number of hydrogen-bond acceptors (Lipinski definition) is 5. The lowest BCUT2D eigenvalue weighted by molar-refractivity contribution is -0.384. The van der Waals surface area contributed by atoms with Crippen molar-refractivity contribution in [2.75, 3.05) is 0 Å². The quantitative estimate of drug-likeness (QED) is 0.304. The number of nitro groups is 1. The predicted molar refractivity (Wildman–Crippen MR) is 98.9 cm³/mol. The van der Waals surface area contributed by atoms with Crippen LogP contribution in [0.25, 0.3) is 16.2 Å². The van der Waals surface area contributed by atoms with Gasteiger partial charge in [-0.2, -0.15) is 0 Å². The van der Waals surface area contributed by atoms with Crippen LogP contribution in [0.3, 0.4) is 0 Å². The van der Waals surface area contributed by atoms with Crippen LogP contribution in [0.4, 0.5) is 11.5 Å². The number of nitrogens with zero attached hydrogens (tertiary/aromatic N) is 4. The van der Waals surface area contributed by atoms with Gasteiger partial charge in [0, 0.05) is 24.5 Å². The summed E-state index contributed by atoms with van der Waals surface area (Å²) in [5, 5.41) is 12.7. The minimum Gasteiger partial charge on any atom is -0.284 e. The Morgan fingerprint density at radius 1 is 1.12 bits per heavy atom. The van der Waals surface area contributed by atoms with Crippen LogP contribution in [0, 0.1) is 10.1 Å². The molecule has 3 aromatic heterocycles. The van der Waals surface area contributed by atoms with Crippen LogP contribution in [-0.2, 0) is 0 Å². The van der Waals surface area contributed by atoms with E-state index in [4.69, 9.17) is 0 Å². The maximum absolute atomic E-state index is 10.7. The van der Waals surface area contributed by atoms with Gasteiger partial charge in [-0.1, -0.05) is 12.1 Å². The highest BCUT2D eigenvalue weighted by atomic mass is 32.1. The fourth-order valence-corrected chi connectivity index (χ4v) is 3.21. The normalized spacial score (nSPS) is 11.4. The van der Waals surface area contributed by atoms with Crippen molar-refractivity contribution in [3.05, 3.63) is 81.9 Å². The Hall–Kier alpha value is -3.32. The van der Waals surface area contributed by atoms with Gasteiger partial charge >= 0.3 is 0 Å². The van der Waals surface area contributed by atoms with Crippen molar-refractivity contribution in [1.29, 1.82) is 0 Å². The van der Waals surface area contributed by atoms with E-state index in [9.17, 15) is 10.1 Å². The molecule has 0 spiro atoms. The topological polar surface area (TPSA) is 72.8 Å². The summed E-state index contributed by atoms with van der Waals surface area (Å²) >= 11 is 1.61.